The first kappa shape index (κ1) is 28.9. The molecule has 1 fully saturated rings. The molecule has 0 aromatic heterocycles. The fraction of sp³-hybridized carbons (Fsp3) is 0.333. The van der Waals surface area contributed by atoms with Gasteiger partial charge in [0, 0.05) is 0 Å². The number of carbonyl (C=O) groups excluding carboxylic acids is 2. The minimum absolute atomic E-state index is 0.0581. The van der Waals surface area contributed by atoms with E-state index in [4.69, 9.17) is 18.9 Å². The number of nitrogens with zero attached hydrogens (tertiary/aromatic N) is 1. The van der Waals surface area contributed by atoms with Crippen molar-refractivity contribution in [2.24, 2.45) is 0 Å². The van der Waals surface area contributed by atoms with Crippen molar-refractivity contribution in [1.29, 1.82) is 0 Å². The Hall–Kier alpha value is -3.66. The van der Waals surface area contributed by atoms with E-state index >= 15 is 0 Å². The number of rotatable bonds is 13. The van der Waals surface area contributed by atoms with Gasteiger partial charge in [0.15, 0.2) is 6.29 Å². The fourth-order valence-corrected chi connectivity index (χ4v) is 5.18. The van der Waals surface area contributed by atoms with Crippen molar-refractivity contribution in [3.63, 3.8) is 0 Å². The summed E-state index contributed by atoms with van der Waals surface area (Å²) in [6, 6.07) is 24.8. The summed E-state index contributed by atoms with van der Waals surface area (Å²) in [5.41, 5.74) is 2.46. The number of imide groups is 1. The molecular formula is C33H35NO7. The number of unbranched alkanes of at least 4 members (excludes halogenated alkanes) is 1. The predicted octanol–water partition coefficient (Wildman–Crippen LogP) is 4.52. The molecule has 1 N–H and O–H groups in total. The first-order chi connectivity index (χ1) is 20.1. The van der Waals surface area contributed by atoms with Crippen molar-refractivity contribution < 1.29 is 33.6 Å². The van der Waals surface area contributed by atoms with E-state index < -0.39 is 42.5 Å². The van der Waals surface area contributed by atoms with Gasteiger partial charge >= 0.3 is 0 Å². The number of hydrogen-bond donors (Lipinski definition) is 1. The number of hydrogen-bond acceptors (Lipinski definition) is 7. The van der Waals surface area contributed by atoms with Crippen LogP contribution in [-0.4, -0.2) is 65.7 Å². The van der Waals surface area contributed by atoms with Gasteiger partial charge in [-0.1, -0.05) is 78.9 Å². The quantitative estimate of drug-likeness (QED) is 0.188. The van der Waals surface area contributed by atoms with Crippen LogP contribution in [0, 0.1) is 0 Å². The minimum Gasteiger partial charge on any atom is -0.388 e. The molecule has 0 spiro atoms. The normalized spacial score (nSPS) is 23.9. The summed E-state index contributed by atoms with van der Waals surface area (Å²) in [6.07, 6.45) is -0.886. The highest BCUT2D eigenvalue weighted by atomic mass is 16.7. The van der Waals surface area contributed by atoms with E-state index in [9.17, 15) is 14.7 Å². The predicted molar refractivity (Wildman–Crippen MR) is 152 cm³/mol. The maximum atomic E-state index is 13.6. The molecule has 0 bridgehead atoms. The minimum atomic E-state index is -1.21. The maximum absolute atomic E-state index is 13.6. The zero-order valence-corrected chi connectivity index (χ0v) is 22.8. The van der Waals surface area contributed by atoms with Crippen LogP contribution in [0.25, 0.3) is 0 Å². The van der Waals surface area contributed by atoms with Gasteiger partial charge in [-0.15, -0.1) is 6.58 Å². The van der Waals surface area contributed by atoms with Crippen molar-refractivity contribution in [3.05, 3.63) is 120 Å². The van der Waals surface area contributed by atoms with Crippen LogP contribution in [0.2, 0.25) is 0 Å². The van der Waals surface area contributed by atoms with Crippen LogP contribution >= 0.6 is 0 Å². The smallest absolute Gasteiger partial charge is 0.262 e. The van der Waals surface area contributed by atoms with E-state index in [0.29, 0.717) is 30.8 Å². The maximum Gasteiger partial charge on any atom is 0.262 e. The molecule has 3 aromatic carbocycles. The molecule has 2 aliphatic heterocycles. The summed E-state index contributed by atoms with van der Waals surface area (Å²) in [6.45, 7) is 4.60. The molecule has 41 heavy (non-hydrogen) atoms. The lowest BCUT2D eigenvalue weighted by Gasteiger charge is -2.46. The number of carbonyl (C=O) groups is 2. The number of fused-ring (bicyclic) bond motifs is 1. The number of aliphatic hydroxyl groups is 1. The average Bonchev–Trinajstić information content (AvgIpc) is 3.26. The standard InChI is InChI=1S/C33H35NO7/c1-2-3-12-19-39-33-28(34-31(36)25-17-10-11-18-26(25)32(34)37)30(40-21-24-15-8-5-9-16-24)29(35)27(41-33)22-38-20-23-13-6-4-7-14-23/h2,4-11,13-18,27-30,33,35H,1,3,12,19-22H2/t27-,28-,29-,30-,33-/m1/s1. The van der Waals surface area contributed by atoms with Crippen molar-refractivity contribution in [1.82, 2.24) is 4.90 Å². The molecule has 2 heterocycles. The highest BCUT2D eigenvalue weighted by Crippen LogP contribution is 2.34. The molecule has 2 aliphatic rings. The van der Waals surface area contributed by atoms with Gasteiger partial charge in [0.25, 0.3) is 11.8 Å². The molecule has 5 atom stereocenters. The largest absolute Gasteiger partial charge is 0.388 e. The lowest BCUT2D eigenvalue weighted by Crippen LogP contribution is -2.66. The van der Waals surface area contributed by atoms with E-state index in [1.807, 2.05) is 60.7 Å². The second-order valence-electron chi connectivity index (χ2n) is 10.1. The van der Waals surface area contributed by atoms with Crippen LogP contribution in [-0.2, 0) is 32.2 Å². The van der Waals surface area contributed by atoms with E-state index in [0.717, 1.165) is 22.4 Å². The Morgan fingerprint density at radius 3 is 2.02 bits per heavy atom. The molecule has 8 nitrogen and oxygen atoms in total. The zero-order valence-electron chi connectivity index (χ0n) is 22.8. The molecule has 1 saturated heterocycles. The van der Waals surface area contributed by atoms with Gasteiger partial charge in [0.05, 0.1) is 37.6 Å². The Kier molecular flexibility index (Phi) is 9.71. The second-order valence-corrected chi connectivity index (χ2v) is 10.1. The first-order valence-electron chi connectivity index (χ1n) is 13.9. The monoisotopic (exact) mass is 557 g/mol. The highest BCUT2D eigenvalue weighted by Gasteiger charge is 2.54. The number of allylic oxidation sites excluding steroid dienone is 1. The van der Waals surface area contributed by atoms with Crippen molar-refractivity contribution in [2.75, 3.05) is 13.2 Å². The van der Waals surface area contributed by atoms with Crippen LogP contribution in [0.1, 0.15) is 44.7 Å². The van der Waals surface area contributed by atoms with Gasteiger partial charge in [-0.25, -0.2) is 0 Å². The van der Waals surface area contributed by atoms with Crippen LogP contribution in [0.3, 0.4) is 0 Å². The molecule has 0 saturated carbocycles. The summed E-state index contributed by atoms with van der Waals surface area (Å²) in [4.78, 5) is 28.3. The van der Waals surface area contributed by atoms with Gasteiger partial charge in [-0.3, -0.25) is 14.5 Å². The third-order valence-electron chi connectivity index (χ3n) is 7.28. The molecule has 214 valence electrons. The fourth-order valence-electron chi connectivity index (χ4n) is 5.18. The van der Waals surface area contributed by atoms with E-state index in [2.05, 4.69) is 6.58 Å². The van der Waals surface area contributed by atoms with Gasteiger partial charge < -0.3 is 24.1 Å². The van der Waals surface area contributed by atoms with E-state index in [1.54, 1.807) is 30.3 Å². The number of amides is 2. The summed E-state index contributed by atoms with van der Waals surface area (Å²) in [7, 11) is 0. The van der Waals surface area contributed by atoms with E-state index in [-0.39, 0.29) is 13.2 Å². The van der Waals surface area contributed by atoms with Crippen molar-refractivity contribution >= 4 is 11.8 Å². The summed E-state index contributed by atoms with van der Waals surface area (Å²) in [5, 5.41) is 11.6. The second kappa shape index (κ2) is 13.8. The molecule has 5 rings (SSSR count). The zero-order chi connectivity index (χ0) is 28.6. The Bertz CT molecular complexity index is 1280. The van der Waals surface area contributed by atoms with Crippen LogP contribution < -0.4 is 0 Å². The Balaban J connectivity index is 1.42. The SMILES string of the molecule is C=CCCCO[C@@H]1O[C@H](COCc2ccccc2)[C@@H](O)[C@H](OCc2ccccc2)[C@H]1N1C(=O)c2ccccc2C1=O. The van der Waals surface area contributed by atoms with Crippen molar-refractivity contribution in [2.45, 2.75) is 56.7 Å². The Labute approximate surface area is 240 Å². The highest BCUT2D eigenvalue weighted by molar-refractivity contribution is 6.21. The van der Waals surface area contributed by atoms with Crippen LogP contribution in [0.5, 0.6) is 0 Å². The molecule has 2 amide bonds. The van der Waals surface area contributed by atoms with Gasteiger partial charge in [0.2, 0.25) is 0 Å². The van der Waals surface area contributed by atoms with Gasteiger partial charge in [-0.2, -0.15) is 0 Å². The molecule has 0 unspecified atom stereocenters. The summed E-state index contributed by atoms with van der Waals surface area (Å²) in [5.74, 6) is -0.948. The number of benzene rings is 3. The van der Waals surface area contributed by atoms with Crippen LogP contribution in [0.15, 0.2) is 97.6 Å². The topological polar surface area (TPSA) is 94.5 Å². The molecular weight excluding hydrogens is 522 g/mol. The first-order valence-corrected chi connectivity index (χ1v) is 13.9. The van der Waals surface area contributed by atoms with E-state index in [1.165, 1.54) is 0 Å². The molecule has 3 aromatic rings. The lowest BCUT2D eigenvalue weighted by atomic mass is 9.95. The van der Waals surface area contributed by atoms with Crippen LogP contribution in [0.4, 0.5) is 0 Å². The lowest BCUT2D eigenvalue weighted by molar-refractivity contribution is -0.290. The van der Waals surface area contributed by atoms with Gasteiger partial charge in [0.1, 0.15) is 24.4 Å². The summed E-state index contributed by atoms with van der Waals surface area (Å²) < 4.78 is 24.7. The third-order valence-corrected chi connectivity index (χ3v) is 7.28. The summed E-state index contributed by atoms with van der Waals surface area (Å²) >= 11 is 0. The van der Waals surface area contributed by atoms with Gasteiger partial charge in [-0.05, 0) is 36.1 Å². The average molecular weight is 558 g/mol. The Morgan fingerprint density at radius 2 is 1.41 bits per heavy atom. The third kappa shape index (κ3) is 6.64. The number of ether oxygens (including phenoxy) is 4. The van der Waals surface area contributed by atoms with Crippen molar-refractivity contribution in [3.8, 4) is 0 Å². The molecule has 0 aliphatic carbocycles. The molecule has 0 radical (unpaired) electrons. The number of aliphatic hydroxyl groups excluding tert-OH is 1. The molecule has 8 heteroatoms. The Morgan fingerprint density at radius 1 is 0.829 bits per heavy atom.